The molecule has 0 spiro atoms. The number of nitrogens with one attached hydrogen (secondary N) is 2. The highest BCUT2D eigenvalue weighted by molar-refractivity contribution is 7.71. The Labute approximate surface area is 176 Å². The Kier molecular flexibility index (Phi) is 5.50. The van der Waals surface area contributed by atoms with E-state index in [-0.39, 0.29) is 12.5 Å². The van der Waals surface area contributed by atoms with Crippen LogP contribution in [0.1, 0.15) is 0 Å². The van der Waals surface area contributed by atoms with Crippen LogP contribution in [0.5, 0.6) is 5.75 Å². The van der Waals surface area contributed by atoms with E-state index in [0.717, 1.165) is 22.6 Å². The zero-order chi connectivity index (χ0) is 20.2. The number of rotatable bonds is 6. The summed E-state index contributed by atoms with van der Waals surface area (Å²) in [6.45, 7) is 0.0247. The van der Waals surface area contributed by atoms with Crippen LogP contribution in [0.3, 0.4) is 0 Å². The van der Waals surface area contributed by atoms with Crippen LogP contribution in [-0.2, 0) is 11.3 Å². The molecule has 4 aromatic rings. The second kappa shape index (κ2) is 8.38. The first kappa shape index (κ1) is 19.0. The molecule has 0 aliphatic carbocycles. The SMILES string of the molecule is COc1ccc(-c2n[nH]c(=S)n2CC(=O)Nc2nc(-c3ccccc3)cs2)cc1. The molecule has 0 saturated carbocycles. The van der Waals surface area contributed by atoms with Crippen molar-refractivity contribution in [2.24, 2.45) is 0 Å². The van der Waals surface area contributed by atoms with Crippen LogP contribution in [-0.4, -0.2) is 32.8 Å². The number of hydrogen-bond acceptors (Lipinski definition) is 6. The molecule has 0 unspecified atom stereocenters. The lowest BCUT2D eigenvalue weighted by Gasteiger charge is -2.07. The topological polar surface area (TPSA) is 84.8 Å². The molecule has 0 saturated heterocycles. The van der Waals surface area contributed by atoms with Crippen molar-refractivity contribution in [3.05, 3.63) is 64.7 Å². The summed E-state index contributed by atoms with van der Waals surface area (Å²) in [5, 5.41) is 12.3. The zero-order valence-electron chi connectivity index (χ0n) is 15.5. The number of thiazole rings is 1. The van der Waals surface area contributed by atoms with Crippen LogP contribution in [0, 0.1) is 4.77 Å². The van der Waals surface area contributed by atoms with Crippen molar-refractivity contribution in [3.8, 4) is 28.4 Å². The highest BCUT2D eigenvalue weighted by atomic mass is 32.1. The molecular formula is C20H17N5O2S2. The maximum atomic E-state index is 12.6. The predicted octanol–water partition coefficient (Wildman–Crippen LogP) is 4.38. The molecule has 2 N–H and O–H groups in total. The quantitative estimate of drug-likeness (QED) is 0.450. The molecule has 0 radical (unpaired) electrons. The Morgan fingerprint density at radius 3 is 2.66 bits per heavy atom. The molecule has 7 nitrogen and oxygen atoms in total. The molecule has 29 heavy (non-hydrogen) atoms. The monoisotopic (exact) mass is 423 g/mol. The van der Waals surface area contributed by atoms with Crippen molar-refractivity contribution in [1.82, 2.24) is 19.7 Å². The van der Waals surface area contributed by atoms with Crippen molar-refractivity contribution in [2.45, 2.75) is 6.54 Å². The van der Waals surface area contributed by atoms with Crippen molar-refractivity contribution >= 4 is 34.6 Å². The molecule has 2 aromatic carbocycles. The summed E-state index contributed by atoms with van der Waals surface area (Å²) < 4.78 is 7.20. The van der Waals surface area contributed by atoms with E-state index in [4.69, 9.17) is 17.0 Å². The van der Waals surface area contributed by atoms with E-state index in [2.05, 4.69) is 20.5 Å². The Bertz CT molecular complexity index is 1180. The zero-order valence-corrected chi connectivity index (χ0v) is 17.1. The molecule has 2 heterocycles. The van der Waals surface area contributed by atoms with Crippen LogP contribution >= 0.6 is 23.6 Å². The smallest absolute Gasteiger partial charge is 0.246 e. The van der Waals surface area contributed by atoms with Gasteiger partial charge in [0.1, 0.15) is 12.3 Å². The van der Waals surface area contributed by atoms with Crippen molar-refractivity contribution in [1.29, 1.82) is 0 Å². The minimum absolute atomic E-state index is 0.0247. The van der Waals surface area contributed by atoms with Crippen molar-refractivity contribution in [2.75, 3.05) is 12.4 Å². The van der Waals surface area contributed by atoms with Gasteiger partial charge in [-0.25, -0.2) is 4.98 Å². The number of methoxy groups -OCH3 is 1. The largest absolute Gasteiger partial charge is 0.497 e. The van der Waals surface area contributed by atoms with Gasteiger partial charge in [-0.1, -0.05) is 30.3 Å². The molecule has 0 bridgehead atoms. The summed E-state index contributed by atoms with van der Waals surface area (Å²) in [4.78, 5) is 17.1. The van der Waals surface area contributed by atoms with Gasteiger partial charge in [0.25, 0.3) is 0 Å². The summed E-state index contributed by atoms with van der Waals surface area (Å²) in [5.74, 6) is 1.09. The van der Waals surface area contributed by atoms with Gasteiger partial charge < -0.3 is 10.1 Å². The molecule has 0 atom stereocenters. The van der Waals surface area contributed by atoms with Gasteiger partial charge in [-0.3, -0.25) is 14.5 Å². The lowest BCUT2D eigenvalue weighted by molar-refractivity contribution is -0.116. The average molecular weight is 424 g/mol. The Morgan fingerprint density at radius 2 is 1.93 bits per heavy atom. The van der Waals surface area contributed by atoms with E-state index in [1.165, 1.54) is 11.3 Å². The number of anilines is 1. The van der Waals surface area contributed by atoms with Gasteiger partial charge in [-0.2, -0.15) is 5.10 Å². The number of hydrogen-bond donors (Lipinski definition) is 2. The highest BCUT2D eigenvalue weighted by Crippen LogP contribution is 2.25. The van der Waals surface area contributed by atoms with E-state index >= 15 is 0 Å². The van der Waals surface area contributed by atoms with Crippen LogP contribution in [0.15, 0.2) is 60.0 Å². The molecule has 0 aliphatic rings. The molecule has 0 aliphatic heterocycles. The van der Waals surface area contributed by atoms with E-state index in [9.17, 15) is 4.79 Å². The minimum atomic E-state index is -0.230. The number of nitrogens with zero attached hydrogens (tertiary/aromatic N) is 3. The van der Waals surface area contributed by atoms with Crippen LogP contribution < -0.4 is 10.1 Å². The summed E-state index contributed by atoms with van der Waals surface area (Å²) in [5.41, 5.74) is 2.65. The fourth-order valence-electron chi connectivity index (χ4n) is 2.80. The van der Waals surface area contributed by atoms with Crippen LogP contribution in [0.2, 0.25) is 0 Å². The molecular weight excluding hydrogens is 406 g/mol. The minimum Gasteiger partial charge on any atom is -0.497 e. The Hall–Kier alpha value is -3.30. The summed E-state index contributed by atoms with van der Waals surface area (Å²) >= 11 is 6.68. The molecule has 146 valence electrons. The van der Waals surface area contributed by atoms with Gasteiger partial charge in [0.15, 0.2) is 15.7 Å². The molecule has 4 rings (SSSR count). The lowest BCUT2D eigenvalue weighted by atomic mass is 10.2. The van der Waals surface area contributed by atoms with E-state index in [0.29, 0.717) is 15.7 Å². The first-order valence-electron chi connectivity index (χ1n) is 8.74. The van der Waals surface area contributed by atoms with E-state index in [1.54, 1.807) is 11.7 Å². The van der Waals surface area contributed by atoms with Crippen molar-refractivity contribution < 1.29 is 9.53 Å². The third-order valence-electron chi connectivity index (χ3n) is 4.23. The second-order valence-electron chi connectivity index (χ2n) is 6.12. The summed E-state index contributed by atoms with van der Waals surface area (Å²) in [6.07, 6.45) is 0. The normalized spacial score (nSPS) is 10.7. The number of carbonyl (C=O) groups excluding carboxylic acids is 1. The van der Waals surface area contributed by atoms with E-state index < -0.39 is 0 Å². The fourth-order valence-corrected chi connectivity index (χ4v) is 3.73. The van der Waals surface area contributed by atoms with Crippen LogP contribution in [0.25, 0.3) is 22.6 Å². The molecule has 1 amide bonds. The van der Waals surface area contributed by atoms with Gasteiger partial charge in [-0.05, 0) is 36.5 Å². The summed E-state index contributed by atoms with van der Waals surface area (Å²) in [6, 6.07) is 17.2. The first-order valence-corrected chi connectivity index (χ1v) is 10.0. The number of carbonyl (C=O) groups is 1. The average Bonchev–Trinajstić information content (AvgIpc) is 3.36. The lowest BCUT2D eigenvalue weighted by Crippen LogP contribution is -2.19. The number of benzene rings is 2. The van der Waals surface area contributed by atoms with Crippen molar-refractivity contribution in [3.63, 3.8) is 0 Å². The third-order valence-corrected chi connectivity index (χ3v) is 5.30. The number of ether oxygens (including phenoxy) is 1. The predicted molar refractivity (Wildman–Crippen MR) is 116 cm³/mol. The molecule has 0 fully saturated rings. The van der Waals surface area contributed by atoms with Gasteiger partial charge >= 0.3 is 0 Å². The number of aromatic nitrogens is 4. The van der Waals surface area contributed by atoms with E-state index in [1.807, 2.05) is 60.0 Å². The van der Waals surface area contributed by atoms with Crippen LogP contribution in [0.4, 0.5) is 5.13 Å². The van der Waals surface area contributed by atoms with Gasteiger partial charge in [0.05, 0.1) is 12.8 Å². The molecule has 2 aromatic heterocycles. The maximum absolute atomic E-state index is 12.6. The highest BCUT2D eigenvalue weighted by Gasteiger charge is 2.14. The number of amides is 1. The second-order valence-corrected chi connectivity index (χ2v) is 7.36. The van der Waals surface area contributed by atoms with Gasteiger partial charge in [-0.15, -0.1) is 11.3 Å². The number of aromatic amines is 1. The summed E-state index contributed by atoms with van der Waals surface area (Å²) in [7, 11) is 1.61. The van der Waals surface area contributed by atoms with Gasteiger partial charge in [0, 0.05) is 16.5 Å². The maximum Gasteiger partial charge on any atom is 0.246 e. The standard InChI is InChI=1S/C20H17N5O2S2/c1-27-15-9-7-14(8-10-15)18-23-24-20(28)25(18)11-17(26)22-19-21-16(12-29-19)13-5-3-2-4-6-13/h2-10,12H,11H2,1H3,(H,24,28)(H,21,22,26). The van der Waals surface area contributed by atoms with Gasteiger partial charge in [0.2, 0.25) is 5.91 Å². The Balaban J connectivity index is 1.50. The first-order chi connectivity index (χ1) is 14.1. The molecule has 9 heteroatoms. The third kappa shape index (κ3) is 4.25. The Morgan fingerprint density at radius 1 is 1.17 bits per heavy atom. The fraction of sp³-hybridized carbons (Fsp3) is 0.100. The number of H-pyrrole nitrogens is 1.